The summed E-state index contributed by atoms with van der Waals surface area (Å²) in [5.74, 6) is -0.173. The number of unbranched alkanes of at least 4 members (excludes halogenated alkanes) is 1. The first-order valence-electron chi connectivity index (χ1n) is 6.95. The molecule has 0 aliphatic heterocycles. The lowest BCUT2D eigenvalue weighted by atomic mass is 10.2. The van der Waals surface area contributed by atoms with Crippen molar-refractivity contribution in [2.45, 2.75) is 26.2 Å². The van der Waals surface area contributed by atoms with Crippen LogP contribution in [0.15, 0.2) is 45.6 Å². The molecule has 1 heterocycles. The van der Waals surface area contributed by atoms with Crippen molar-refractivity contribution in [3.63, 3.8) is 0 Å². The number of carbonyl (C=O) groups excluding carboxylic acids is 1. The Morgan fingerprint density at radius 1 is 1.33 bits per heavy atom. The van der Waals surface area contributed by atoms with Crippen molar-refractivity contribution in [2.75, 3.05) is 11.9 Å². The highest BCUT2D eigenvalue weighted by Gasteiger charge is 2.15. The number of benzene rings is 1. The van der Waals surface area contributed by atoms with E-state index in [1.807, 2.05) is 12.2 Å². The SMILES string of the molecule is CCC/C=C/CC(=O)N(C)c1nc2ccccc2c(=O)o1. The van der Waals surface area contributed by atoms with Gasteiger partial charge in [-0.05, 0) is 18.6 Å². The minimum absolute atomic E-state index is 0.0209. The molecule has 5 nitrogen and oxygen atoms in total. The molecule has 5 heteroatoms. The Hall–Kier alpha value is -2.43. The normalized spacial score (nSPS) is 11.1. The maximum atomic E-state index is 12.0. The first-order valence-corrected chi connectivity index (χ1v) is 6.95. The molecule has 0 unspecified atom stereocenters. The monoisotopic (exact) mass is 286 g/mol. The molecule has 0 aliphatic rings. The van der Waals surface area contributed by atoms with Crippen molar-refractivity contribution >= 4 is 22.8 Å². The predicted octanol–water partition coefficient (Wildman–Crippen LogP) is 2.90. The van der Waals surface area contributed by atoms with E-state index in [1.165, 1.54) is 4.90 Å². The fourth-order valence-corrected chi connectivity index (χ4v) is 1.86. The fourth-order valence-electron chi connectivity index (χ4n) is 1.86. The molecule has 0 saturated heterocycles. The minimum atomic E-state index is -0.489. The van der Waals surface area contributed by atoms with E-state index >= 15 is 0 Å². The first-order chi connectivity index (χ1) is 10.1. The molecular formula is C16H18N2O3. The van der Waals surface area contributed by atoms with Crippen molar-refractivity contribution in [3.05, 3.63) is 46.8 Å². The zero-order valence-corrected chi connectivity index (χ0v) is 12.2. The lowest BCUT2D eigenvalue weighted by Crippen LogP contribution is -2.27. The number of amides is 1. The number of aromatic nitrogens is 1. The average molecular weight is 286 g/mol. The molecule has 1 amide bonds. The van der Waals surface area contributed by atoms with Crippen LogP contribution in [0.25, 0.3) is 10.9 Å². The van der Waals surface area contributed by atoms with Crippen LogP contribution in [0.4, 0.5) is 6.01 Å². The molecule has 0 spiro atoms. The number of anilines is 1. The summed E-state index contributed by atoms with van der Waals surface area (Å²) in [7, 11) is 1.55. The third-order valence-corrected chi connectivity index (χ3v) is 3.10. The quantitative estimate of drug-likeness (QED) is 0.793. The van der Waals surface area contributed by atoms with E-state index in [9.17, 15) is 9.59 Å². The average Bonchev–Trinajstić information content (AvgIpc) is 2.50. The van der Waals surface area contributed by atoms with Crippen LogP contribution >= 0.6 is 0 Å². The summed E-state index contributed by atoms with van der Waals surface area (Å²) in [6.45, 7) is 2.08. The van der Waals surface area contributed by atoms with Gasteiger partial charge in [-0.25, -0.2) is 4.79 Å². The zero-order chi connectivity index (χ0) is 15.2. The van der Waals surface area contributed by atoms with Gasteiger partial charge in [-0.3, -0.25) is 9.69 Å². The molecule has 2 aromatic rings. The molecule has 0 fully saturated rings. The van der Waals surface area contributed by atoms with E-state index in [0.29, 0.717) is 10.9 Å². The summed E-state index contributed by atoms with van der Waals surface area (Å²) in [4.78, 5) is 29.4. The van der Waals surface area contributed by atoms with E-state index in [4.69, 9.17) is 4.42 Å². The smallest absolute Gasteiger partial charge is 0.348 e. The zero-order valence-electron chi connectivity index (χ0n) is 12.2. The van der Waals surface area contributed by atoms with Gasteiger partial charge in [0.15, 0.2) is 0 Å². The number of nitrogens with zero attached hydrogens (tertiary/aromatic N) is 2. The van der Waals surface area contributed by atoms with Crippen LogP contribution in [0.3, 0.4) is 0 Å². The number of fused-ring (bicyclic) bond motifs is 1. The van der Waals surface area contributed by atoms with Crippen LogP contribution in [0, 0.1) is 0 Å². The van der Waals surface area contributed by atoms with Crippen molar-refractivity contribution in [1.29, 1.82) is 0 Å². The second-order valence-electron chi connectivity index (χ2n) is 4.72. The summed E-state index contributed by atoms with van der Waals surface area (Å²) in [6.07, 6.45) is 6.04. The molecule has 1 aromatic heterocycles. The number of hydrogen-bond donors (Lipinski definition) is 0. The van der Waals surface area contributed by atoms with Gasteiger partial charge < -0.3 is 4.42 Å². The van der Waals surface area contributed by atoms with Crippen LogP contribution in [0.1, 0.15) is 26.2 Å². The number of carbonyl (C=O) groups is 1. The Bertz CT molecular complexity index is 719. The maximum absolute atomic E-state index is 12.0. The van der Waals surface area contributed by atoms with E-state index < -0.39 is 5.63 Å². The molecule has 1 aromatic carbocycles. The summed E-state index contributed by atoms with van der Waals surface area (Å²) in [6, 6.07) is 6.91. The molecule has 0 atom stereocenters. The van der Waals surface area contributed by atoms with Crippen LogP contribution in [0.2, 0.25) is 0 Å². The summed E-state index contributed by atoms with van der Waals surface area (Å²) in [5, 5.41) is 0.407. The topological polar surface area (TPSA) is 63.4 Å². The number of rotatable bonds is 5. The largest absolute Gasteiger partial charge is 0.388 e. The van der Waals surface area contributed by atoms with Gasteiger partial charge >= 0.3 is 11.6 Å². The molecule has 0 radical (unpaired) electrons. The van der Waals surface area contributed by atoms with Crippen molar-refractivity contribution in [1.82, 2.24) is 4.98 Å². The number of allylic oxidation sites excluding steroid dienone is 1. The van der Waals surface area contributed by atoms with Crippen LogP contribution in [-0.4, -0.2) is 17.9 Å². The van der Waals surface area contributed by atoms with Crippen LogP contribution in [0.5, 0.6) is 0 Å². The van der Waals surface area contributed by atoms with Gasteiger partial charge in [-0.1, -0.05) is 37.6 Å². The Morgan fingerprint density at radius 2 is 2.10 bits per heavy atom. The van der Waals surface area contributed by atoms with Crippen molar-refractivity contribution in [2.24, 2.45) is 0 Å². The minimum Gasteiger partial charge on any atom is -0.388 e. The Labute approximate surface area is 122 Å². The second-order valence-corrected chi connectivity index (χ2v) is 4.72. The first kappa shape index (κ1) is 15.0. The molecule has 21 heavy (non-hydrogen) atoms. The standard InChI is InChI=1S/C16H18N2O3/c1-3-4-5-6-11-14(19)18(2)16-17-13-10-8-7-9-12(13)15(20)21-16/h5-10H,3-4,11H2,1-2H3/b6-5+. The maximum Gasteiger partial charge on any atom is 0.348 e. The van der Waals surface area contributed by atoms with Gasteiger partial charge in [-0.15, -0.1) is 0 Å². The van der Waals surface area contributed by atoms with E-state index in [-0.39, 0.29) is 18.3 Å². The lowest BCUT2D eigenvalue weighted by molar-refractivity contribution is -0.117. The van der Waals surface area contributed by atoms with Crippen molar-refractivity contribution < 1.29 is 9.21 Å². The fraction of sp³-hybridized carbons (Fsp3) is 0.312. The van der Waals surface area contributed by atoms with E-state index in [1.54, 1.807) is 31.3 Å². The summed E-state index contributed by atoms with van der Waals surface area (Å²) in [5.41, 5.74) is 0.0294. The highest BCUT2D eigenvalue weighted by molar-refractivity contribution is 5.92. The summed E-state index contributed by atoms with van der Waals surface area (Å²) < 4.78 is 5.12. The highest BCUT2D eigenvalue weighted by atomic mass is 16.4. The number of hydrogen-bond acceptors (Lipinski definition) is 4. The van der Waals surface area contributed by atoms with Crippen LogP contribution < -0.4 is 10.5 Å². The van der Waals surface area contributed by atoms with Gasteiger partial charge in [0, 0.05) is 13.5 Å². The molecule has 0 saturated carbocycles. The Kier molecular flexibility index (Phi) is 4.87. The Balaban J connectivity index is 2.21. The molecule has 0 N–H and O–H groups in total. The van der Waals surface area contributed by atoms with Gasteiger partial charge in [0.25, 0.3) is 0 Å². The second kappa shape index (κ2) is 6.83. The van der Waals surface area contributed by atoms with Gasteiger partial charge in [0.2, 0.25) is 5.91 Å². The van der Waals surface area contributed by atoms with Gasteiger partial charge in [0.05, 0.1) is 10.9 Å². The van der Waals surface area contributed by atoms with E-state index in [2.05, 4.69) is 11.9 Å². The molecule has 0 aliphatic carbocycles. The lowest BCUT2D eigenvalue weighted by Gasteiger charge is -2.13. The van der Waals surface area contributed by atoms with Gasteiger partial charge in [-0.2, -0.15) is 4.98 Å². The third kappa shape index (κ3) is 3.56. The molecule has 0 bridgehead atoms. The Morgan fingerprint density at radius 3 is 2.86 bits per heavy atom. The number of para-hydroxylation sites is 1. The third-order valence-electron chi connectivity index (χ3n) is 3.10. The molecule has 2 rings (SSSR count). The predicted molar refractivity (Wildman–Crippen MR) is 82.4 cm³/mol. The van der Waals surface area contributed by atoms with Crippen LogP contribution in [-0.2, 0) is 4.79 Å². The van der Waals surface area contributed by atoms with Crippen molar-refractivity contribution in [3.8, 4) is 0 Å². The highest BCUT2D eigenvalue weighted by Crippen LogP contribution is 2.14. The van der Waals surface area contributed by atoms with Gasteiger partial charge in [0.1, 0.15) is 0 Å². The molecule has 110 valence electrons. The molecular weight excluding hydrogens is 268 g/mol. The van der Waals surface area contributed by atoms with E-state index in [0.717, 1.165) is 12.8 Å². The summed E-state index contributed by atoms with van der Waals surface area (Å²) >= 11 is 0.